The third-order valence-electron chi connectivity index (χ3n) is 1.89. The molecule has 1 saturated carbocycles. The summed E-state index contributed by atoms with van der Waals surface area (Å²) in [5.41, 5.74) is 0. The van der Waals surface area contributed by atoms with Gasteiger partial charge in [-0.3, -0.25) is 4.79 Å². The van der Waals surface area contributed by atoms with Crippen LogP contribution in [0.3, 0.4) is 0 Å². The maximum atomic E-state index is 10.8. The molecule has 2 atom stereocenters. The first-order valence-corrected chi connectivity index (χ1v) is 4.99. The number of carbonyl (C=O) groups is 1. The van der Waals surface area contributed by atoms with Gasteiger partial charge >= 0.3 is 0 Å². The lowest BCUT2D eigenvalue weighted by Gasteiger charge is -2.00. The van der Waals surface area contributed by atoms with Crippen LogP contribution >= 0.6 is 23.5 Å². The molecule has 0 spiro atoms. The van der Waals surface area contributed by atoms with E-state index in [9.17, 15) is 4.79 Å². The topological polar surface area (TPSA) is 17.1 Å². The zero-order valence-electron chi connectivity index (χ0n) is 5.00. The Labute approximate surface area is 63.0 Å². The molecule has 0 aromatic carbocycles. The molecule has 2 fully saturated rings. The molecule has 50 valence electrons. The van der Waals surface area contributed by atoms with Crippen LogP contribution in [-0.4, -0.2) is 14.9 Å². The summed E-state index contributed by atoms with van der Waals surface area (Å²) in [4.78, 5) is 10.8. The summed E-state index contributed by atoms with van der Waals surface area (Å²) in [7, 11) is 0. The summed E-state index contributed by atoms with van der Waals surface area (Å²) in [6, 6.07) is 0. The van der Waals surface area contributed by atoms with Crippen molar-refractivity contribution in [3.63, 3.8) is 0 Å². The molecule has 0 amide bonds. The van der Waals surface area contributed by atoms with Gasteiger partial charge in [-0.05, 0) is 12.8 Å². The number of thioether (sulfide) groups is 2. The van der Waals surface area contributed by atoms with E-state index in [4.69, 9.17) is 0 Å². The van der Waals surface area contributed by atoms with Gasteiger partial charge in [0.1, 0.15) is 0 Å². The molecule has 3 heteroatoms. The highest BCUT2D eigenvalue weighted by Gasteiger charge is 2.37. The predicted octanol–water partition coefficient (Wildman–Crippen LogP) is 2.51. The number of hydrogen-bond donors (Lipinski definition) is 0. The van der Waals surface area contributed by atoms with E-state index in [-0.39, 0.29) is 0 Å². The van der Waals surface area contributed by atoms with E-state index in [1.807, 2.05) is 0 Å². The minimum absolute atomic E-state index is 0.352. The first kappa shape index (κ1) is 6.10. The zero-order chi connectivity index (χ0) is 6.27. The van der Waals surface area contributed by atoms with Crippen LogP contribution in [0.25, 0.3) is 0 Å². The lowest BCUT2D eigenvalue weighted by atomic mass is 10.4. The minimum atomic E-state index is 0.352. The van der Waals surface area contributed by atoms with E-state index in [1.165, 1.54) is 19.3 Å². The second-order valence-electron chi connectivity index (χ2n) is 2.49. The molecule has 2 aliphatic rings. The fraction of sp³-hybridized carbons (Fsp3) is 0.833. The first-order valence-electron chi connectivity index (χ1n) is 3.23. The van der Waals surface area contributed by atoms with Gasteiger partial charge in [-0.15, -0.1) is 0 Å². The van der Waals surface area contributed by atoms with E-state index >= 15 is 0 Å². The molecule has 0 aromatic heterocycles. The molecular formula is C6H8OS2. The summed E-state index contributed by atoms with van der Waals surface area (Å²) in [5, 5.41) is 1.37. The van der Waals surface area contributed by atoms with Crippen LogP contribution in [-0.2, 0) is 0 Å². The Bertz CT molecular complexity index is 132. The lowest BCUT2D eigenvalue weighted by Crippen LogP contribution is -2.04. The van der Waals surface area contributed by atoms with E-state index in [2.05, 4.69) is 0 Å². The number of hydrogen-bond acceptors (Lipinski definition) is 3. The summed E-state index contributed by atoms with van der Waals surface area (Å²) in [5.74, 6) is 0. The Hall–Kier alpha value is 0.370. The minimum Gasteiger partial charge on any atom is -0.274 e. The fourth-order valence-electron chi connectivity index (χ4n) is 1.44. The number of carbonyl (C=O) groups excluding carboxylic acids is 1. The molecular weight excluding hydrogens is 152 g/mol. The van der Waals surface area contributed by atoms with Crippen molar-refractivity contribution in [2.75, 3.05) is 0 Å². The zero-order valence-corrected chi connectivity index (χ0v) is 6.63. The van der Waals surface area contributed by atoms with Gasteiger partial charge in [0, 0.05) is 10.5 Å². The summed E-state index contributed by atoms with van der Waals surface area (Å²) < 4.78 is 0.352. The van der Waals surface area contributed by atoms with E-state index < -0.39 is 0 Å². The van der Waals surface area contributed by atoms with Crippen LogP contribution in [0, 0.1) is 0 Å². The Balaban J connectivity index is 2.09. The third-order valence-corrected chi connectivity index (χ3v) is 4.76. The highest BCUT2D eigenvalue weighted by Crippen LogP contribution is 2.47. The molecule has 0 aromatic rings. The Kier molecular flexibility index (Phi) is 1.49. The molecule has 1 heterocycles. The summed E-state index contributed by atoms with van der Waals surface area (Å²) in [6.45, 7) is 0. The maximum absolute atomic E-state index is 10.8. The van der Waals surface area contributed by atoms with Crippen LogP contribution in [0.1, 0.15) is 19.3 Å². The van der Waals surface area contributed by atoms with E-state index in [0.29, 0.717) is 14.9 Å². The monoisotopic (exact) mass is 160 g/mol. The van der Waals surface area contributed by atoms with Crippen molar-refractivity contribution in [2.45, 2.75) is 29.8 Å². The van der Waals surface area contributed by atoms with Gasteiger partial charge in [0.05, 0.1) is 0 Å². The first-order chi connectivity index (χ1) is 4.36. The third kappa shape index (κ3) is 1.01. The van der Waals surface area contributed by atoms with Crippen molar-refractivity contribution in [2.24, 2.45) is 0 Å². The van der Waals surface area contributed by atoms with Gasteiger partial charge in [-0.25, -0.2) is 0 Å². The van der Waals surface area contributed by atoms with Gasteiger partial charge in [0.25, 0.3) is 0 Å². The molecule has 0 radical (unpaired) electrons. The van der Waals surface area contributed by atoms with Crippen LogP contribution in [0.5, 0.6) is 0 Å². The molecule has 0 unspecified atom stereocenters. The molecule has 0 bridgehead atoms. The molecule has 2 rings (SSSR count). The molecule has 1 aliphatic carbocycles. The maximum Gasteiger partial charge on any atom is 0.246 e. The average Bonchev–Trinajstić information content (AvgIpc) is 2.22. The van der Waals surface area contributed by atoms with Gasteiger partial charge < -0.3 is 0 Å². The highest BCUT2D eigenvalue weighted by molar-refractivity contribution is 8.41. The smallest absolute Gasteiger partial charge is 0.246 e. The lowest BCUT2D eigenvalue weighted by molar-refractivity contribution is 0.277. The van der Waals surface area contributed by atoms with Crippen molar-refractivity contribution < 1.29 is 4.79 Å². The quantitative estimate of drug-likeness (QED) is 0.542. The summed E-state index contributed by atoms with van der Waals surface area (Å²) >= 11 is 3.12. The normalized spacial score (nSPS) is 41.6. The molecule has 1 nitrogen and oxygen atoms in total. The van der Waals surface area contributed by atoms with Crippen molar-refractivity contribution in [1.29, 1.82) is 0 Å². The Morgan fingerprint density at radius 2 is 1.78 bits per heavy atom. The van der Waals surface area contributed by atoms with Crippen molar-refractivity contribution >= 4 is 28.0 Å². The van der Waals surface area contributed by atoms with Crippen LogP contribution < -0.4 is 0 Å². The fourth-order valence-corrected chi connectivity index (χ4v) is 4.37. The standard InChI is InChI=1S/C6H8OS2/c7-6-8-4-2-1-3-5(4)9-6/h4-5H,1-3H2/t4-,5-/m0/s1. The molecule has 1 saturated heterocycles. The Morgan fingerprint density at radius 3 is 2.33 bits per heavy atom. The molecule has 9 heavy (non-hydrogen) atoms. The largest absolute Gasteiger partial charge is 0.274 e. The SMILES string of the molecule is O=C1S[C@H]2CCC[C@@H]2S1. The van der Waals surface area contributed by atoms with Crippen LogP contribution in [0.4, 0.5) is 4.79 Å². The van der Waals surface area contributed by atoms with E-state index in [1.54, 1.807) is 23.5 Å². The molecule has 0 N–H and O–H groups in total. The second-order valence-corrected chi connectivity index (χ2v) is 5.18. The summed E-state index contributed by atoms with van der Waals surface area (Å²) in [6.07, 6.45) is 3.88. The van der Waals surface area contributed by atoms with Crippen molar-refractivity contribution in [3.05, 3.63) is 0 Å². The van der Waals surface area contributed by atoms with Crippen LogP contribution in [0.15, 0.2) is 0 Å². The number of rotatable bonds is 0. The Morgan fingerprint density at radius 1 is 1.22 bits per heavy atom. The predicted molar refractivity (Wildman–Crippen MR) is 42.0 cm³/mol. The van der Waals surface area contributed by atoms with Crippen molar-refractivity contribution in [1.82, 2.24) is 0 Å². The van der Waals surface area contributed by atoms with Crippen LogP contribution in [0.2, 0.25) is 0 Å². The van der Waals surface area contributed by atoms with Gasteiger partial charge in [0.15, 0.2) is 0 Å². The average molecular weight is 160 g/mol. The number of fused-ring (bicyclic) bond motifs is 1. The van der Waals surface area contributed by atoms with Gasteiger partial charge in [-0.1, -0.05) is 29.9 Å². The second kappa shape index (κ2) is 2.20. The van der Waals surface area contributed by atoms with Gasteiger partial charge in [-0.2, -0.15) is 0 Å². The van der Waals surface area contributed by atoms with Crippen molar-refractivity contribution in [3.8, 4) is 0 Å². The molecule has 1 aliphatic heterocycles. The van der Waals surface area contributed by atoms with E-state index in [0.717, 1.165) is 0 Å². The highest BCUT2D eigenvalue weighted by atomic mass is 32.2. The van der Waals surface area contributed by atoms with Gasteiger partial charge in [0.2, 0.25) is 4.45 Å².